The fourth-order valence-corrected chi connectivity index (χ4v) is 3.56. The number of pyridine rings is 1. The lowest BCUT2D eigenvalue weighted by atomic mass is 10.1. The van der Waals surface area contributed by atoms with E-state index in [1.165, 1.54) is 10.6 Å². The molecule has 2 heterocycles. The van der Waals surface area contributed by atoms with Crippen molar-refractivity contribution in [2.24, 2.45) is 4.99 Å². The zero-order chi connectivity index (χ0) is 25.7. The van der Waals surface area contributed by atoms with Gasteiger partial charge in [-0.3, -0.25) is 14.3 Å². The summed E-state index contributed by atoms with van der Waals surface area (Å²) in [6.07, 6.45) is 1.21. The minimum atomic E-state index is -1.12. The van der Waals surface area contributed by atoms with Gasteiger partial charge in [-0.05, 0) is 36.8 Å². The van der Waals surface area contributed by atoms with E-state index in [-0.39, 0.29) is 30.2 Å². The molecule has 11 heteroatoms. The predicted octanol–water partition coefficient (Wildman–Crippen LogP) is 3.24. The third kappa shape index (κ3) is 5.97. The molecule has 0 radical (unpaired) electrons. The van der Waals surface area contributed by atoms with Crippen LogP contribution in [0.25, 0.3) is 0 Å². The molecule has 2 aromatic heterocycles. The Morgan fingerprint density at radius 3 is 2.56 bits per heavy atom. The number of carboxylic acids is 1. The quantitative estimate of drug-likeness (QED) is 0.376. The van der Waals surface area contributed by atoms with Crippen LogP contribution in [0.2, 0.25) is 5.02 Å². The van der Waals surface area contributed by atoms with Crippen molar-refractivity contribution in [3.05, 3.63) is 110 Å². The number of ether oxygens (including phenoxy) is 1. The average Bonchev–Trinajstić information content (AvgIpc) is 2.85. The first kappa shape index (κ1) is 24.7. The Kier molecular flexibility index (Phi) is 7.45. The number of carboxylic acid groups (broad SMARTS) is 1. The molecule has 36 heavy (non-hydrogen) atoms. The minimum Gasteiger partial charge on any atom is -0.481 e. The molecule has 184 valence electrons. The number of nitrogens with one attached hydrogen (secondary N) is 1. The number of aromatic amines is 1. The molecule has 2 aromatic carbocycles. The zero-order valence-corrected chi connectivity index (χ0v) is 20.0. The summed E-state index contributed by atoms with van der Waals surface area (Å²) in [7, 11) is 0. The van der Waals surface area contributed by atoms with Crippen LogP contribution in [0.5, 0.6) is 11.6 Å². The molecular formula is C25H22ClN5O5. The highest BCUT2D eigenvalue weighted by Gasteiger charge is 2.12. The van der Waals surface area contributed by atoms with Crippen molar-refractivity contribution in [1.82, 2.24) is 19.1 Å². The first-order valence-corrected chi connectivity index (χ1v) is 11.3. The van der Waals surface area contributed by atoms with Gasteiger partial charge in [-0.1, -0.05) is 47.5 Å². The van der Waals surface area contributed by atoms with Gasteiger partial charge in [-0.2, -0.15) is 0 Å². The Labute approximate surface area is 209 Å². The van der Waals surface area contributed by atoms with Crippen LogP contribution < -0.4 is 21.7 Å². The number of carbonyl (C=O) groups is 1. The average molecular weight is 508 g/mol. The summed E-state index contributed by atoms with van der Waals surface area (Å²) < 4.78 is 7.80. The van der Waals surface area contributed by atoms with Gasteiger partial charge in [0.25, 0.3) is 0 Å². The lowest BCUT2D eigenvalue weighted by Gasteiger charge is -2.11. The number of rotatable bonds is 8. The Hall–Kier alpha value is -4.44. The molecule has 0 amide bonds. The van der Waals surface area contributed by atoms with Gasteiger partial charge in [0.1, 0.15) is 5.75 Å². The van der Waals surface area contributed by atoms with Gasteiger partial charge in [0.15, 0.2) is 0 Å². The summed E-state index contributed by atoms with van der Waals surface area (Å²) in [5.74, 6) is -0.392. The number of hydrogen-bond acceptors (Lipinski definition) is 6. The number of benzene rings is 2. The summed E-state index contributed by atoms with van der Waals surface area (Å²) in [6, 6.07) is 17.5. The molecule has 0 saturated heterocycles. The number of aliphatic carboxylic acids is 1. The summed E-state index contributed by atoms with van der Waals surface area (Å²) in [6.45, 7) is 1.78. The highest BCUT2D eigenvalue weighted by Crippen LogP contribution is 2.31. The van der Waals surface area contributed by atoms with Crippen LogP contribution >= 0.6 is 11.6 Å². The van der Waals surface area contributed by atoms with Crippen LogP contribution in [0.1, 0.15) is 17.5 Å². The standard InChI is InChI=1S/C25H22ClN5O5/c1-16-5-7-17(8-6-16)15-31-23(29-24(34)30(25(31)35)13-11-22(32)33)28-18-9-10-20(19(26)14-18)36-21-4-2-3-12-27-21/h2-10,12,14H,11,13,15H2,1H3,(H,32,33)(H,28,29,34). The monoisotopic (exact) mass is 507 g/mol. The molecule has 0 spiro atoms. The Morgan fingerprint density at radius 1 is 1.11 bits per heavy atom. The molecule has 4 rings (SSSR count). The maximum atomic E-state index is 13.2. The summed E-state index contributed by atoms with van der Waals surface area (Å²) >= 11 is 6.38. The van der Waals surface area contributed by atoms with Gasteiger partial charge in [0.05, 0.1) is 23.7 Å². The van der Waals surface area contributed by atoms with Crippen molar-refractivity contribution in [3.8, 4) is 11.6 Å². The second-order valence-corrected chi connectivity index (χ2v) is 8.31. The lowest BCUT2D eigenvalue weighted by molar-refractivity contribution is -0.137. The Balaban J connectivity index is 1.77. The van der Waals surface area contributed by atoms with Gasteiger partial charge in [-0.25, -0.2) is 24.1 Å². The highest BCUT2D eigenvalue weighted by molar-refractivity contribution is 6.32. The van der Waals surface area contributed by atoms with E-state index >= 15 is 0 Å². The number of aryl methyl sites for hydroxylation is 1. The molecule has 0 atom stereocenters. The van der Waals surface area contributed by atoms with E-state index in [0.29, 0.717) is 17.3 Å². The first-order valence-electron chi connectivity index (χ1n) is 10.9. The second kappa shape index (κ2) is 10.9. The molecule has 0 aliphatic carbocycles. The zero-order valence-electron chi connectivity index (χ0n) is 19.2. The smallest absolute Gasteiger partial charge is 0.335 e. The van der Waals surface area contributed by atoms with E-state index in [1.807, 2.05) is 31.2 Å². The van der Waals surface area contributed by atoms with E-state index < -0.39 is 17.3 Å². The van der Waals surface area contributed by atoms with Crippen molar-refractivity contribution >= 4 is 23.3 Å². The van der Waals surface area contributed by atoms with Crippen LogP contribution in [0, 0.1) is 6.92 Å². The van der Waals surface area contributed by atoms with Crippen LogP contribution in [-0.2, 0) is 17.9 Å². The SMILES string of the molecule is Cc1ccc(Cn2c(=O)n(CCC(=O)O)c(=O)[nH]/c2=N\c2ccc(Oc3ccccn3)c(Cl)c2)cc1. The van der Waals surface area contributed by atoms with E-state index in [2.05, 4.69) is 15.0 Å². The maximum Gasteiger partial charge on any atom is 0.335 e. The van der Waals surface area contributed by atoms with E-state index in [1.54, 1.807) is 36.5 Å². The maximum absolute atomic E-state index is 13.2. The molecule has 0 fully saturated rings. The summed E-state index contributed by atoms with van der Waals surface area (Å²) in [5.41, 5.74) is 0.766. The molecular weight excluding hydrogens is 486 g/mol. The van der Waals surface area contributed by atoms with Crippen LogP contribution in [0.15, 0.2) is 81.4 Å². The third-order valence-corrected chi connectivity index (χ3v) is 5.49. The third-order valence-electron chi connectivity index (χ3n) is 5.19. The first-order chi connectivity index (χ1) is 17.3. The molecule has 0 unspecified atom stereocenters. The molecule has 4 aromatic rings. The van der Waals surface area contributed by atoms with Crippen molar-refractivity contribution in [2.75, 3.05) is 0 Å². The van der Waals surface area contributed by atoms with Crippen molar-refractivity contribution in [2.45, 2.75) is 26.4 Å². The molecule has 0 aliphatic heterocycles. The van der Waals surface area contributed by atoms with Gasteiger partial charge < -0.3 is 9.84 Å². The topological polar surface area (TPSA) is 132 Å². The molecule has 0 bridgehead atoms. The summed E-state index contributed by atoms with van der Waals surface area (Å²) in [4.78, 5) is 48.0. The number of hydrogen-bond donors (Lipinski definition) is 2. The molecule has 2 N–H and O–H groups in total. The van der Waals surface area contributed by atoms with Crippen LogP contribution in [0.3, 0.4) is 0 Å². The Bertz CT molecular complexity index is 1570. The lowest BCUT2D eigenvalue weighted by Crippen LogP contribution is -2.50. The number of H-pyrrole nitrogens is 1. The number of aromatic nitrogens is 4. The summed E-state index contributed by atoms with van der Waals surface area (Å²) in [5, 5.41) is 9.25. The molecule has 10 nitrogen and oxygen atoms in total. The molecule has 0 aliphatic rings. The van der Waals surface area contributed by atoms with E-state index in [4.69, 9.17) is 21.4 Å². The van der Waals surface area contributed by atoms with Gasteiger partial charge in [-0.15, -0.1) is 0 Å². The predicted molar refractivity (Wildman–Crippen MR) is 133 cm³/mol. The van der Waals surface area contributed by atoms with Gasteiger partial charge >= 0.3 is 17.3 Å². The fraction of sp³-hybridized carbons (Fsp3) is 0.160. The number of nitrogens with zero attached hydrogens (tertiary/aromatic N) is 4. The molecule has 0 saturated carbocycles. The van der Waals surface area contributed by atoms with E-state index in [9.17, 15) is 14.4 Å². The Morgan fingerprint density at radius 2 is 1.89 bits per heavy atom. The van der Waals surface area contributed by atoms with Crippen molar-refractivity contribution in [1.29, 1.82) is 0 Å². The van der Waals surface area contributed by atoms with Crippen LogP contribution in [-0.4, -0.2) is 30.2 Å². The fourth-order valence-electron chi connectivity index (χ4n) is 3.35. The second-order valence-electron chi connectivity index (χ2n) is 7.90. The van der Waals surface area contributed by atoms with E-state index in [0.717, 1.165) is 15.7 Å². The van der Waals surface area contributed by atoms with Crippen molar-refractivity contribution < 1.29 is 14.6 Å². The minimum absolute atomic E-state index is 0.00777. The normalized spacial score (nSPS) is 11.4. The largest absolute Gasteiger partial charge is 0.481 e. The van der Waals surface area contributed by atoms with Crippen molar-refractivity contribution in [3.63, 3.8) is 0 Å². The van der Waals surface area contributed by atoms with Gasteiger partial charge in [0, 0.05) is 18.8 Å². The number of halogens is 1. The highest BCUT2D eigenvalue weighted by atomic mass is 35.5. The van der Waals surface area contributed by atoms with Gasteiger partial charge in [0.2, 0.25) is 11.5 Å². The van der Waals surface area contributed by atoms with Crippen LogP contribution in [0.4, 0.5) is 5.69 Å².